The molecule has 0 aliphatic heterocycles. The number of benzene rings is 1. The summed E-state index contributed by atoms with van der Waals surface area (Å²) in [7, 11) is 0. The van der Waals surface area contributed by atoms with Crippen molar-refractivity contribution in [3.8, 4) is 0 Å². The minimum atomic E-state index is 0.218. The van der Waals surface area contributed by atoms with E-state index >= 15 is 0 Å². The average molecular weight is 285 g/mol. The van der Waals surface area contributed by atoms with E-state index in [2.05, 4.69) is 56.4 Å². The Balaban J connectivity index is 2.20. The highest BCUT2D eigenvalue weighted by Crippen LogP contribution is 2.24. The van der Waals surface area contributed by atoms with Crippen molar-refractivity contribution in [2.45, 2.75) is 46.6 Å². The molecule has 0 bridgehead atoms. The quantitative estimate of drug-likeness (QED) is 0.784. The number of rotatable bonds is 7. The molecule has 114 valence electrons. The molecule has 0 aliphatic rings. The van der Waals surface area contributed by atoms with Gasteiger partial charge >= 0.3 is 0 Å². The summed E-state index contributed by atoms with van der Waals surface area (Å²) in [6.45, 7) is 9.70. The monoisotopic (exact) mass is 285 g/mol. The first-order valence-electron chi connectivity index (χ1n) is 7.97. The van der Waals surface area contributed by atoms with Crippen LogP contribution < -0.4 is 5.32 Å². The standard InChI is InChI=1S/C19H27NO/c1-5-10-20-19(18-12-15(4)21-13-18)17-8-6-16(7-9-17)11-14(2)3/h6-9,12-14,19-20H,5,10-11H2,1-4H3. The van der Waals surface area contributed by atoms with Gasteiger partial charge in [-0.2, -0.15) is 0 Å². The van der Waals surface area contributed by atoms with E-state index in [4.69, 9.17) is 4.42 Å². The minimum Gasteiger partial charge on any atom is -0.469 e. The zero-order valence-corrected chi connectivity index (χ0v) is 13.6. The fourth-order valence-corrected chi connectivity index (χ4v) is 2.65. The molecule has 1 unspecified atom stereocenters. The van der Waals surface area contributed by atoms with Crippen LogP contribution in [0, 0.1) is 12.8 Å². The zero-order chi connectivity index (χ0) is 15.2. The number of nitrogens with one attached hydrogen (secondary N) is 1. The molecule has 0 saturated heterocycles. The lowest BCUT2D eigenvalue weighted by atomic mass is 9.97. The van der Waals surface area contributed by atoms with Crippen molar-refractivity contribution >= 4 is 0 Å². The summed E-state index contributed by atoms with van der Waals surface area (Å²) in [5, 5.41) is 3.62. The van der Waals surface area contributed by atoms with Gasteiger partial charge in [0.1, 0.15) is 5.76 Å². The van der Waals surface area contributed by atoms with Gasteiger partial charge < -0.3 is 9.73 Å². The summed E-state index contributed by atoms with van der Waals surface area (Å²) in [5.74, 6) is 1.66. The van der Waals surface area contributed by atoms with Gasteiger partial charge in [-0.15, -0.1) is 0 Å². The van der Waals surface area contributed by atoms with E-state index in [0.29, 0.717) is 5.92 Å². The van der Waals surface area contributed by atoms with Crippen LogP contribution in [0.2, 0.25) is 0 Å². The second-order valence-electron chi connectivity index (χ2n) is 6.22. The maximum absolute atomic E-state index is 5.48. The van der Waals surface area contributed by atoms with Crippen LogP contribution in [0.4, 0.5) is 0 Å². The number of hydrogen-bond donors (Lipinski definition) is 1. The maximum Gasteiger partial charge on any atom is 0.101 e. The molecule has 0 radical (unpaired) electrons. The highest BCUT2D eigenvalue weighted by atomic mass is 16.3. The van der Waals surface area contributed by atoms with Crippen molar-refractivity contribution in [3.05, 3.63) is 59.0 Å². The van der Waals surface area contributed by atoms with Crippen molar-refractivity contribution in [1.29, 1.82) is 0 Å². The molecule has 0 amide bonds. The van der Waals surface area contributed by atoms with E-state index in [1.54, 1.807) is 0 Å². The summed E-state index contributed by atoms with van der Waals surface area (Å²) in [4.78, 5) is 0. The lowest BCUT2D eigenvalue weighted by Crippen LogP contribution is -2.22. The molecule has 0 saturated carbocycles. The Morgan fingerprint density at radius 2 is 1.81 bits per heavy atom. The molecule has 2 nitrogen and oxygen atoms in total. The normalized spacial score (nSPS) is 12.8. The van der Waals surface area contributed by atoms with Crippen LogP contribution in [0.3, 0.4) is 0 Å². The van der Waals surface area contributed by atoms with E-state index in [1.165, 1.54) is 16.7 Å². The molecule has 0 aliphatic carbocycles. The molecule has 2 heteroatoms. The van der Waals surface area contributed by atoms with E-state index in [1.807, 2.05) is 13.2 Å². The molecule has 0 spiro atoms. The van der Waals surface area contributed by atoms with E-state index in [-0.39, 0.29) is 6.04 Å². The predicted molar refractivity (Wildman–Crippen MR) is 88.6 cm³/mol. The summed E-state index contributed by atoms with van der Waals surface area (Å²) in [6.07, 6.45) is 4.13. The molecule has 1 aromatic heterocycles. The molecule has 1 heterocycles. The van der Waals surface area contributed by atoms with Crippen LogP contribution in [-0.2, 0) is 6.42 Å². The van der Waals surface area contributed by atoms with Crippen LogP contribution >= 0.6 is 0 Å². The third-order valence-corrected chi connectivity index (χ3v) is 3.64. The van der Waals surface area contributed by atoms with E-state index in [9.17, 15) is 0 Å². The largest absolute Gasteiger partial charge is 0.469 e. The lowest BCUT2D eigenvalue weighted by Gasteiger charge is -2.18. The third-order valence-electron chi connectivity index (χ3n) is 3.64. The van der Waals surface area contributed by atoms with Gasteiger partial charge in [0.2, 0.25) is 0 Å². The van der Waals surface area contributed by atoms with Crippen molar-refractivity contribution in [2.75, 3.05) is 6.54 Å². The topological polar surface area (TPSA) is 25.2 Å². The maximum atomic E-state index is 5.48. The van der Waals surface area contributed by atoms with Crippen LogP contribution in [0.1, 0.15) is 55.7 Å². The second-order valence-corrected chi connectivity index (χ2v) is 6.22. The Bertz CT molecular complexity index is 539. The highest BCUT2D eigenvalue weighted by molar-refractivity contribution is 5.33. The number of furan rings is 1. The van der Waals surface area contributed by atoms with Gasteiger partial charge in [0.05, 0.1) is 12.3 Å². The van der Waals surface area contributed by atoms with E-state index < -0.39 is 0 Å². The van der Waals surface area contributed by atoms with Gasteiger partial charge in [-0.1, -0.05) is 45.0 Å². The molecule has 1 atom stereocenters. The molecule has 2 rings (SSSR count). The predicted octanol–water partition coefficient (Wildman–Crippen LogP) is 4.88. The Morgan fingerprint density at radius 1 is 1.10 bits per heavy atom. The van der Waals surface area contributed by atoms with Crippen molar-refractivity contribution in [3.63, 3.8) is 0 Å². The number of aryl methyl sites for hydroxylation is 1. The van der Waals surface area contributed by atoms with Gasteiger partial charge in [0.25, 0.3) is 0 Å². The van der Waals surface area contributed by atoms with E-state index in [0.717, 1.165) is 25.1 Å². The van der Waals surface area contributed by atoms with Crippen molar-refractivity contribution < 1.29 is 4.42 Å². The van der Waals surface area contributed by atoms with Crippen molar-refractivity contribution in [1.82, 2.24) is 5.32 Å². The fraction of sp³-hybridized carbons (Fsp3) is 0.474. The van der Waals surface area contributed by atoms with Gasteiger partial charge in [0.15, 0.2) is 0 Å². The molecular formula is C19H27NO. The summed E-state index contributed by atoms with van der Waals surface area (Å²) >= 11 is 0. The van der Waals surface area contributed by atoms with Crippen LogP contribution in [0.15, 0.2) is 41.0 Å². The van der Waals surface area contributed by atoms with Gasteiger partial charge in [-0.25, -0.2) is 0 Å². The van der Waals surface area contributed by atoms with Gasteiger partial charge in [0, 0.05) is 5.56 Å². The van der Waals surface area contributed by atoms with Crippen LogP contribution in [0.25, 0.3) is 0 Å². The molecule has 0 fully saturated rings. The Kier molecular flexibility index (Phi) is 5.63. The highest BCUT2D eigenvalue weighted by Gasteiger charge is 2.15. The van der Waals surface area contributed by atoms with Gasteiger partial charge in [-0.05, 0) is 49.4 Å². The summed E-state index contributed by atoms with van der Waals surface area (Å²) in [5.41, 5.74) is 3.92. The first-order chi connectivity index (χ1) is 10.1. The minimum absolute atomic E-state index is 0.218. The second kappa shape index (κ2) is 7.46. The summed E-state index contributed by atoms with van der Waals surface area (Å²) < 4.78 is 5.48. The Labute approximate surface area is 128 Å². The lowest BCUT2D eigenvalue weighted by molar-refractivity contribution is 0.523. The number of hydrogen-bond acceptors (Lipinski definition) is 2. The Morgan fingerprint density at radius 3 is 2.33 bits per heavy atom. The third kappa shape index (κ3) is 4.47. The molecule has 1 aromatic carbocycles. The molecule has 21 heavy (non-hydrogen) atoms. The van der Waals surface area contributed by atoms with Gasteiger partial charge in [-0.3, -0.25) is 0 Å². The molecule has 2 aromatic rings. The first-order valence-corrected chi connectivity index (χ1v) is 7.97. The first kappa shape index (κ1) is 15.8. The zero-order valence-electron chi connectivity index (χ0n) is 13.6. The van der Waals surface area contributed by atoms with Crippen LogP contribution in [0.5, 0.6) is 0 Å². The van der Waals surface area contributed by atoms with Crippen LogP contribution in [-0.4, -0.2) is 6.54 Å². The Hall–Kier alpha value is -1.54. The smallest absolute Gasteiger partial charge is 0.101 e. The molecule has 1 N–H and O–H groups in total. The SMILES string of the molecule is CCCNC(c1ccc(CC(C)C)cc1)c1coc(C)c1. The molecular weight excluding hydrogens is 258 g/mol. The average Bonchev–Trinajstić information content (AvgIpc) is 2.87. The fourth-order valence-electron chi connectivity index (χ4n) is 2.65. The van der Waals surface area contributed by atoms with Crippen molar-refractivity contribution in [2.24, 2.45) is 5.92 Å². The summed E-state index contributed by atoms with van der Waals surface area (Å²) in [6, 6.07) is 11.3.